The fourth-order valence-corrected chi connectivity index (χ4v) is 2.45. The van der Waals surface area contributed by atoms with Crippen LogP contribution in [0.2, 0.25) is 0 Å². The van der Waals surface area contributed by atoms with Crippen LogP contribution in [0.25, 0.3) is 10.2 Å². The smallest absolute Gasteiger partial charge is 0.282 e. The van der Waals surface area contributed by atoms with Gasteiger partial charge in [-0.1, -0.05) is 12.1 Å². The Morgan fingerprint density at radius 2 is 2.25 bits per heavy atom. The third-order valence-electron chi connectivity index (χ3n) is 2.26. The molecule has 1 N–H and O–H groups in total. The molecular formula is C11H12N2O2S. The molecule has 2 aromatic rings. The van der Waals surface area contributed by atoms with Gasteiger partial charge in [0.25, 0.3) is 5.91 Å². The van der Waals surface area contributed by atoms with Crippen molar-refractivity contribution in [3.05, 3.63) is 28.8 Å². The van der Waals surface area contributed by atoms with Crippen molar-refractivity contribution in [3.8, 4) is 0 Å². The molecule has 16 heavy (non-hydrogen) atoms. The van der Waals surface area contributed by atoms with Crippen molar-refractivity contribution in [2.75, 3.05) is 14.1 Å². The maximum absolute atomic E-state index is 11.7. The predicted octanol–water partition coefficient (Wildman–Crippen LogP) is 1.49. The molecule has 2 rings (SSSR count). The van der Waals surface area contributed by atoms with Gasteiger partial charge < -0.3 is 10.0 Å². The number of carbonyl (C=O) groups is 1. The predicted molar refractivity (Wildman–Crippen MR) is 63.6 cm³/mol. The van der Waals surface area contributed by atoms with Gasteiger partial charge in [0.1, 0.15) is 0 Å². The molecule has 84 valence electrons. The van der Waals surface area contributed by atoms with Crippen LogP contribution >= 0.6 is 11.3 Å². The number of fused-ring (bicyclic) bond motifs is 1. The minimum absolute atomic E-state index is 0.0589. The largest absolute Gasteiger partial charge is 0.392 e. The van der Waals surface area contributed by atoms with Crippen molar-refractivity contribution in [2.24, 2.45) is 0 Å². The van der Waals surface area contributed by atoms with Crippen LogP contribution in [0, 0.1) is 0 Å². The normalized spacial score (nSPS) is 10.7. The molecule has 0 aliphatic heterocycles. The van der Waals surface area contributed by atoms with Gasteiger partial charge in [0, 0.05) is 19.7 Å². The molecular weight excluding hydrogens is 224 g/mol. The van der Waals surface area contributed by atoms with E-state index in [2.05, 4.69) is 4.98 Å². The fraction of sp³-hybridized carbons (Fsp3) is 0.273. The van der Waals surface area contributed by atoms with Crippen LogP contribution in [0.4, 0.5) is 0 Å². The number of hydrogen-bond acceptors (Lipinski definition) is 4. The summed E-state index contributed by atoms with van der Waals surface area (Å²) in [4.78, 5) is 17.5. The van der Waals surface area contributed by atoms with E-state index >= 15 is 0 Å². The lowest BCUT2D eigenvalue weighted by atomic mass is 10.2. The minimum Gasteiger partial charge on any atom is -0.392 e. The first-order valence-corrected chi connectivity index (χ1v) is 5.66. The van der Waals surface area contributed by atoms with Crippen LogP contribution in [0.5, 0.6) is 0 Å². The SMILES string of the molecule is CN(C)C(=O)c1nc2c(CO)cccc2s1. The van der Waals surface area contributed by atoms with Crippen LogP contribution < -0.4 is 0 Å². The van der Waals surface area contributed by atoms with Crippen LogP contribution in [0.15, 0.2) is 18.2 Å². The van der Waals surface area contributed by atoms with E-state index in [9.17, 15) is 4.79 Å². The summed E-state index contributed by atoms with van der Waals surface area (Å²) < 4.78 is 0.928. The number of thiazole rings is 1. The zero-order valence-electron chi connectivity index (χ0n) is 9.10. The second-order valence-corrected chi connectivity index (χ2v) is 4.67. The number of aliphatic hydroxyl groups is 1. The Kier molecular flexibility index (Phi) is 2.89. The lowest BCUT2D eigenvalue weighted by Crippen LogP contribution is -2.21. The number of hydrogen-bond donors (Lipinski definition) is 1. The molecule has 4 nitrogen and oxygen atoms in total. The highest BCUT2D eigenvalue weighted by atomic mass is 32.1. The number of benzene rings is 1. The molecule has 0 unspecified atom stereocenters. The second-order valence-electron chi connectivity index (χ2n) is 3.64. The molecule has 0 saturated carbocycles. The van der Waals surface area contributed by atoms with Crippen molar-refractivity contribution < 1.29 is 9.90 Å². The maximum atomic E-state index is 11.7. The molecule has 0 bridgehead atoms. The summed E-state index contributed by atoms with van der Waals surface area (Å²) >= 11 is 1.35. The molecule has 0 aliphatic carbocycles. The minimum atomic E-state index is -0.106. The Balaban J connectivity index is 2.56. The molecule has 5 heteroatoms. The molecule has 0 fully saturated rings. The van der Waals surface area contributed by atoms with E-state index in [0.717, 1.165) is 15.8 Å². The molecule has 0 spiro atoms. The summed E-state index contributed by atoms with van der Waals surface area (Å²) in [7, 11) is 3.39. The summed E-state index contributed by atoms with van der Waals surface area (Å²) in [5, 5.41) is 9.62. The topological polar surface area (TPSA) is 53.4 Å². The van der Waals surface area contributed by atoms with Crippen LogP contribution in [-0.2, 0) is 6.61 Å². The molecule has 0 radical (unpaired) electrons. The van der Waals surface area contributed by atoms with E-state index in [1.807, 2.05) is 18.2 Å². The van der Waals surface area contributed by atoms with E-state index < -0.39 is 0 Å². The highest BCUT2D eigenvalue weighted by Gasteiger charge is 2.15. The average molecular weight is 236 g/mol. The molecule has 1 aromatic heterocycles. The van der Waals surface area contributed by atoms with E-state index in [1.165, 1.54) is 16.2 Å². The zero-order valence-corrected chi connectivity index (χ0v) is 9.91. The van der Waals surface area contributed by atoms with E-state index in [-0.39, 0.29) is 12.5 Å². The highest BCUT2D eigenvalue weighted by Crippen LogP contribution is 2.25. The van der Waals surface area contributed by atoms with Gasteiger partial charge in [-0.15, -0.1) is 11.3 Å². The van der Waals surface area contributed by atoms with Gasteiger partial charge >= 0.3 is 0 Å². The molecule has 1 amide bonds. The summed E-state index contributed by atoms with van der Waals surface area (Å²) in [5.41, 5.74) is 1.48. The molecule has 0 saturated heterocycles. The first-order valence-electron chi connectivity index (χ1n) is 4.84. The van der Waals surface area contributed by atoms with Crippen LogP contribution in [0.3, 0.4) is 0 Å². The third-order valence-corrected chi connectivity index (χ3v) is 3.27. The van der Waals surface area contributed by atoms with Crippen molar-refractivity contribution in [1.29, 1.82) is 0 Å². The quantitative estimate of drug-likeness (QED) is 0.859. The summed E-state index contributed by atoms with van der Waals surface area (Å²) in [5.74, 6) is -0.106. The number of aliphatic hydroxyl groups excluding tert-OH is 1. The summed E-state index contributed by atoms with van der Waals surface area (Å²) in [6.07, 6.45) is 0. The van der Waals surface area contributed by atoms with E-state index in [1.54, 1.807) is 14.1 Å². The number of amides is 1. The second kappa shape index (κ2) is 4.19. The standard InChI is InChI=1S/C11H12N2O2S/c1-13(2)11(15)10-12-9-7(6-14)4-3-5-8(9)16-10/h3-5,14H,6H2,1-2H3. The number of aromatic nitrogens is 1. The molecule has 1 aromatic carbocycles. The van der Waals surface area contributed by atoms with Gasteiger partial charge in [-0.2, -0.15) is 0 Å². The van der Waals surface area contributed by atoms with Crippen molar-refractivity contribution in [2.45, 2.75) is 6.61 Å². The Morgan fingerprint density at radius 3 is 2.88 bits per heavy atom. The summed E-state index contributed by atoms with van der Waals surface area (Å²) in [6.45, 7) is -0.0589. The lowest BCUT2D eigenvalue weighted by Gasteiger charge is -2.05. The molecule has 0 aliphatic rings. The van der Waals surface area contributed by atoms with Gasteiger partial charge in [0.05, 0.1) is 16.8 Å². The van der Waals surface area contributed by atoms with Crippen LogP contribution in [-0.4, -0.2) is 35.0 Å². The fourth-order valence-electron chi connectivity index (χ4n) is 1.42. The average Bonchev–Trinajstić information content (AvgIpc) is 2.70. The van der Waals surface area contributed by atoms with Gasteiger partial charge in [0.2, 0.25) is 0 Å². The Hall–Kier alpha value is -1.46. The van der Waals surface area contributed by atoms with E-state index in [4.69, 9.17) is 5.11 Å². The molecule has 1 heterocycles. The highest BCUT2D eigenvalue weighted by molar-refractivity contribution is 7.20. The number of carbonyl (C=O) groups excluding carboxylic acids is 1. The van der Waals surface area contributed by atoms with Gasteiger partial charge in [0.15, 0.2) is 5.01 Å². The van der Waals surface area contributed by atoms with Crippen molar-refractivity contribution in [3.63, 3.8) is 0 Å². The Morgan fingerprint density at radius 1 is 1.50 bits per heavy atom. The van der Waals surface area contributed by atoms with Gasteiger partial charge in [-0.05, 0) is 6.07 Å². The monoisotopic (exact) mass is 236 g/mol. The lowest BCUT2D eigenvalue weighted by molar-refractivity contribution is 0.0827. The first-order chi connectivity index (χ1) is 7.63. The summed E-state index contributed by atoms with van der Waals surface area (Å²) in [6, 6.07) is 5.57. The van der Waals surface area contributed by atoms with Gasteiger partial charge in [-0.3, -0.25) is 4.79 Å². The Bertz CT molecular complexity index is 534. The molecule has 0 atom stereocenters. The van der Waals surface area contributed by atoms with E-state index in [0.29, 0.717) is 5.01 Å². The maximum Gasteiger partial charge on any atom is 0.282 e. The number of rotatable bonds is 2. The van der Waals surface area contributed by atoms with Crippen molar-refractivity contribution in [1.82, 2.24) is 9.88 Å². The number of para-hydroxylation sites is 1. The van der Waals surface area contributed by atoms with Gasteiger partial charge in [-0.25, -0.2) is 4.98 Å². The zero-order chi connectivity index (χ0) is 11.7. The van der Waals surface area contributed by atoms with Crippen LogP contribution in [0.1, 0.15) is 15.4 Å². The number of nitrogens with zero attached hydrogens (tertiary/aromatic N) is 2. The Labute approximate surface area is 97.1 Å². The third kappa shape index (κ3) is 1.79. The first kappa shape index (κ1) is 11.0. The van der Waals surface area contributed by atoms with Crippen molar-refractivity contribution >= 4 is 27.5 Å².